The summed E-state index contributed by atoms with van der Waals surface area (Å²) in [6.45, 7) is 4.62. The number of hydrogen-bond acceptors (Lipinski definition) is 2. The Morgan fingerprint density at radius 2 is 2.28 bits per heavy atom. The summed E-state index contributed by atoms with van der Waals surface area (Å²) in [7, 11) is 0. The highest BCUT2D eigenvalue weighted by Gasteiger charge is 2.25. The van der Waals surface area contributed by atoms with Crippen LogP contribution in [0.4, 0.5) is 0 Å². The highest BCUT2D eigenvalue weighted by atomic mass is 79.9. The number of carbonyl (C=O) groups excluding carboxylic acids is 1. The van der Waals surface area contributed by atoms with Crippen molar-refractivity contribution < 1.29 is 4.79 Å². The molecule has 98 valence electrons. The predicted molar refractivity (Wildman–Crippen MR) is 77.8 cm³/mol. The van der Waals surface area contributed by atoms with Gasteiger partial charge in [-0.25, -0.2) is 0 Å². The molecule has 0 bridgehead atoms. The van der Waals surface area contributed by atoms with Crippen molar-refractivity contribution in [3.63, 3.8) is 0 Å². The van der Waals surface area contributed by atoms with Gasteiger partial charge in [0.15, 0.2) is 0 Å². The Morgan fingerprint density at radius 3 is 2.94 bits per heavy atom. The molecule has 1 atom stereocenters. The van der Waals surface area contributed by atoms with E-state index < -0.39 is 0 Å². The van der Waals surface area contributed by atoms with Gasteiger partial charge in [-0.2, -0.15) is 0 Å². The van der Waals surface area contributed by atoms with Crippen molar-refractivity contribution in [2.24, 2.45) is 5.92 Å². The van der Waals surface area contributed by atoms with Crippen LogP contribution in [-0.4, -0.2) is 23.8 Å². The van der Waals surface area contributed by atoms with E-state index >= 15 is 0 Å². The van der Waals surface area contributed by atoms with E-state index in [1.54, 1.807) is 0 Å². The van der Waals surface area contributed by atoms with Gasteiger partial charge in [0.1, 0.15) is 5.78 Å². The van der Waals surface area contributed by atoms with Crippen LogP contribution in [0.1, 0.15) is 25.3 Å². The third kappa shape index (κ3) is 3.34. The van der Waals surface area contributed by atoms with Gasteiger partial charge in [-0.15, -0.1) is 0 Å². The summed E-state index contributed by atoms with van der Waals surface area (Å²) in [5.74, 6) is 0.614. The van der Waals surface area contributed by atoms with Crippen LogP contribution in [0.15, 0.2) is 22.7 Å². The van der Waals surface area contributed by atoms with Gasteiger partial charge >= 0.3 is 0 Å². The fourth-order valence-electron chi connectivity index (χ4n) is 2.37. The van der Waals surface area contributed by atoms with E-state index in [0.29, 0.717) is 12.2 Å². The smallest absolute Gasteiger partial charge is 0.138 e. The fraction of sp³-hybridized carbons (Fsp3) is 0.500. The van der Waals surface area contributed by atoms with Crippen molar-refractivity contribution >= 4 is 33.3 Å². The number of halogens is 2. The maximum Gasteiger partial charge on any atom is 0.138 e. The quantitative estimate of drug-likeness (QED) is 0.837. The van der Waals surface area contributed by atoms with E-state index in [-0.39, 0.29) is 5.92 Å². The molecule has 0 spiro atoms. The molecule has 0 radical (unpaired) electrons. The molecular formula is C14H17BrClNO. The minimum Gasteiger partial charge on any atom is -0.299 e. The molecule has 1 saturated heterocycles. The van der Waals surface area contributed by atoms with Gasteiger partial charge in [-0.05, 0) is 24.1 Å². The predicted octanol–water partition coefficient (Wildman–Crippen LogP) is 3.90. The number of likely N-dealkylation sites (tertiary alicyclic amines) is 1. The Kier molecular flexibility index (Phi) is 4.82. The van der Waals surface area contributed by atoms with Crippen molar-refractivity contribution in [1.82, 2.24) is 4.90 Å². The van der Waals surface area contributed by atoms with E-state index in [9.17, 15) is 4.79 Å². The summed E-state index contributed by atoms with van der Waals surface area (Å²) in [4.78, 5) is 14.0. The standard InChI is InChI=1S/C14H17BrClNO/c1-2-10-8-17(6-5-14(10)18)9-11-3-4-12(15)7-13(11)16/h3-4,7,10H,2,5-6,8-9H2,1H3. The van der Waals surface area contributed by atoms with E-state index in [1.807, 2.05) is 18.2 Å². The Morgan fingerprint density at radius 1 is 1.50 bits per heavy atom. The summed E-state index contributed by atoms with van der Waals surface area (Å²) in [6.07, 6.45) is 1.61. The van der Waals surface area contributed by atoms with Crippen LogP contribution in [0.2, 0.25) is 5.02 Å². The number of ketones is 1. The number of nitrogens with zero attached hydrogens (tertiary/aromatic N) is 1. The zero-order valence-corrected chi connectivity index (χ0v) is 12.8. The van der Waals surface area contributed by atoms with E-state index in [0.717, 1.165) is 41.1 Å². The lowest BCUT2D eigenvalue weighted by Gasteiger charge is -2.31. The lowest BCUT2D eigenvalue weighted by atomic mass is 9.94. The number of hydrogen-bond donors (Lipinski definition) is 0. The number of Topliss-reactive ketones (excluding diaryl/α,β-unsaturated/α-hetero) is 1. The molecule has 0 saturated carbocycles. The lowest BCUT2D eigenvalue weighted by Crippen LogP contribution is -2.40. The first kappa shape index (κ1) is 14.0. The van der Waals surface area contributed by atoms with Crippen molar-refractivity contribution in [2.75, 3.05) is 13.1 Å². The third-order valence-corrected chi connectivity index (χ3v) is 4.36. The zero-order chi connectivity index (χ0) is 13.1. The molecule has 1 heterocycles. The monoisotopic (exact) mass is 329 g/mol. The third-order valence-electron chi connectivity index (χ3n) is 3.51. The van der Waals surface area contributed by atoms with Gasteiger partial charge in [0.05, 0.1) is 0 Å². The second-order valence-corrected chi connectivity index (χ2v) is 6.12. The average Bonchev–Trinajstić information content (AvgIpc) is 2.35. The zero-order valence-electron chi connectivity index (χ0n) is 10.5. The molecule has 0 N–H and O–H groups in total. The van der Waals surface area contributed by atoms with Crippen LogP contribution in [-0.2, 0) is 11.3 Å². The molecule has 1 aliphatic rings. The first-order chi connectivity index (χ1) is 8.60. The largest absolute Gasteiger partial charge is 0.299 e. The molecule has 1 aliphatic heterocycles. The molecule has 0 aromatic heterocycles. The highest BCUT2D eigenvalue weighted by Crippen LogP contribution is 2.24. The summed E-state index contributed by atoms with van der Waals surface area (Å²) in [5.41, 5.74) is 1.13. The molecule has 0 amide bonds. The van der Waals surface area contributed by atoms with Crippen LogP contribution >= 0.6 is 27.5 Å². The summed E-state index contributed by atoms with van der Waals surface area (Å²) >= 11 is 9.63. The van der Waals surface area contributed by atoms with Crippen LogP contribution in [0, 0.1) is 5.92 Å². The van der Waals surface area contributed by atoms with Gasteiger partial charge in [-0.3, -0.25) is 9.69 Å². The van der Waals surface area contributed by atoms with Crippen molar-refractivity contribution in [3.8, 4) is 0 Å². The average molecular weight is 331 g/mol. The van der Waals surface area contributed by atoms with Crippen LogP contribution in [0.5, 0.6) is 0 Å². The molecule has 1 aromatic carbocycles. The molecule has 1 fully saturated rings. The van der Waals surface area contributed by atoms with Crippen LogP contribution < -0.4 is 0 Å². The van der Waals surface area contributed by atoms with Crippen molar-refractivity contribution in [3.05, 3.63) is 33.3 Å². The van der Waals surface area contributed by atoms with Crippen LogP contribution in [0.3, 0.4) is 0 Å². The van der Waals surface area contributed by atoms with Crippen LogP contribution in [0.25, 0.3) is 0 Å². The SMILES string of the molecule is CCC1CN(Cc2ccc(Br)cc2Cl)CCC1=O. The number of benzene rings is 1. The molecule has 2 nitrogen and oxygen atoms in total. The molecule has 1 aromatic rings. The van der Waals surface area contributed by atoms with Gasteiger partial charge in [0.2, 0.25) is 0 Å². The van der Waals surface area contributed by atoms with E-state index in [1.165, 1.54) is 0 Å². The summed E-state index contributed by atoms with van der Waals surface area (Å²) < 4.78 is 0.997. The summed E-state index contributed by atoms with van der Waals surface area (Å²) in [6, 6.07) is 5.97. The molecule has 18 heavy (non-hydrogen) atoms. The highest BCUT2D eigenvalue weighted by molar-refractivity contribution is 9.10. The number of piperidine rings is 1. The molecule has 0 aliphatic carbocycles. The summed E-state index contributed by atoms with van der Waals surface area (Å²) in [5, 5.41) is 0.786. The maximum absolute atomic E-state index is 11.7. The maximum atomic E-state index is 11.7. The second kappa shape index (κ2) is 6.18. The topological polar surface area (TPSA) is 20.3 Å². The molecular weight excluding hydrogens is 314 g/mol. The van der Waals surface area contributed by atoms with Gasteiger partial charge in [-0.1, -0.05) is 40.5 Å². The van der Waals surface area contributed by atoms with Crippen molar-refractivity contribution in [1.29, 1.82) is 0 Å². The minimum atomic E-state index is 0.202. The second-order valence-electron chi connectivity index (χ2n) is 4.79. The van der Waals surface area contributed by atoms with Gasteiger partial charge < -0.3 is 0 Å². The Balaban J connectivity index is 2.03. The van der Waals surface area contributed by atoms with E-state index in [4.69, 9.17) is 11.6 Å². The minimum absolute atomic E-state index is 0.202. The normalized spacial score (nSPS) is 21.3. The Labute approximate surface area is 121 Å². The van der Waals surface area contributed by atoms with Gasteiger partial charge in [0.25, 0.3) is 0 Å². The first-order valence-electron chi connectivity index (χ1n) is 6.29. The molecule has 4 heteroatoms. The molecule has 1 unspecified atom stereocenters. The Hall–Kier alpha value is -0.380. The number of rotatable bonds is 3. The van der Waals surface area contributed by atoms with E-state index in [2.05, 4.69) is 27.8 Å². The van der Waals surface area contributed by atoms with Crippen molar-refractivity contribution in [2.45, 2.75) is 26.3 Å². The van der Waals surface area contributed by atoms with Gasteiger partial charge in [0, 0.05) is 41.5 Å². The fourth-order valence-corrected chi connectivity index (χ4v) is 3.10. The first-order valence-corrected chi connectivity index (χ1v) is 7.46. The Bertz CT molecular complexity index is 449. The lowest BCUT2D eigenvalue weighted by molar-refractivity contribution is -0.126. The number of carbonyl (C=O) groups is 1. The molecule has 2 rings (SSSR count).